The molecule has 3 nitrogen and oxygen atoms in total. The molecule has 3 heteroatoms. The molecule has 0 aromatic rings. The lowest BCUT2D eigenvalue weighted by molar-refractivity contribution is -0.0510. The van der Waals surface area contributed by atoms with Gasteiger partial charge in [0.2, 0.25) is 0 Å². The van der Waals surface area contributed by atoms with Crippen LogP contribution >= 0.6 is 0 Å². The quantitative estimate of drug-likeness (QED) is 0.811. The van der Waals surface area contributed by atoms with Crippen molar-refractivity contribution in [2.75, 3.05) is 20.3 Å². The highest BCUT2D eigenvalue weighted by Gasteiger charge is 2.27. The van der Waals surface area contributed by atoms with Gasteiger partial charge in [-0.05, 0) is 26.2 Å². The normalized spacial score (nSPS) is 31.1. The monoisotopic (exact) mass is 237 g/mol. The van der Waals surface area contributed by atoms with E-state index in [0.717, 1.165) is 13.0 Å². The van der Waals surface area contributed by atoms with Gasteiger partial charge in [0.15, 0.2) is 0 Å². The Morgan fingerprint density at radius 2 is 2.41 bits per heavy atom. The summed E-state index contributed by atoms with van der Waals surface area (Å²) in [5.74, 6) is 0. The summed E-state index contributed by atoms with van der Waals surface area (Å²) in [7, 11) is 1.77. The molecule has 1 heterocycles. The molecule has 96 valence electrons. The van der Waals surface area contributed by atoms with Crippen LogP contribution in [0.25, 0.3) is 0 Å². The highest BCUT2D eigenvalue weighted by Crippen LogP contribution is 2.18. The zero-order valence-electron chi connectivity index (χ0n) is 10.8. The Balaban J connectivity index is 1.90. The molecular weight excluding hydrogens is 214 g/mol. The van der Waals surface area contributed by atoms with Crippen molar-refractivity contribution in [2.45, 2.75) is 44.4 Å². The molecule has 0 radical (unpaired) electrons. The van der Waals surface area contributed by atoms with Crippen LogP contribution in [0.5, 0.6) is 0 Å². The summed E-state index contributed by atoms with van der Waals surface area (Å²) < 4.78 is 10.9. The number of hydrogen-bond acceptors (Lipinski definition) is 3. The first-order valence-corrected chi connectivity index (χ1v) is 6.53. The molecular formula is C14H23NO2. The average Bonchev–Trinajstić information content (AvgIpc) is 2.40. The number of methoxy groups -OCH3 is 1. The van der Waals surface area contributed by atoms with Gasteiger partial charge in [0, 0.05) is 25.8 Å². The van der Waals surface area contributed by atoms with Crippen molar-refractivity contribution in [1.29, 1.82) is 0 Å². The SMILES string of the molecule is CO[C@@H]1COCC[C@@H]1N[C@@H](C)C1=CC=CCC1. The molecule has 0 aromatic carbocycles. The largest absolute Gasteiger partial charge is 0.379 e. The van der Waals surface area contributed by atoms with E-state index in [-0.39, 0.29) is 6.10 Å². The Bertz CT molecular complexity index is 299. The van der Waals surface area contributed by atoms with E-state index in [9.17, 15) is 0 Å². The fourth-order valence-corrected chi connectivity index (χ4v) is 2.54. The number of allylic oxidation sites excluding steroid dienone is 3. The standard InChI is InChI=1S/C14H23NO2/c1-11(12-6-4-3-5-7-12)15-13-8-9-17-10-14(13)16-2/h3-4,6,11,13-15H,5,7-10H2,1-2H3/t11-,13-,14+/m0/s1. The third-order valence-electron chi connectivity index (χ3n) is 3.67. The second-order valence-corrected chi connectivity index (χ2v) is 4.84. The first-order chi connectivity index (χ1) is 8.31. The molecule has 0 spiro atoms. The van der Waals surface area contributed by atoms with E-state index in [1.54, 1.807) is 7.11 Å². The Hall–Kier alpha value is -0.640. The van der Waals surface area contributed by atoms with Crippen molar-refractivity contribution < 1.29 is 9.47 Å². The van der Waals surface area contributed by atoms with Crippen molar-refractivity contribution in [1.82, 2.24) is 5.32 Å². The summed E-state index contributed by atoms with van der Waals surface area (Å²) in [5.41, 5.74) is 1.49. The van der Waals surface area contributed by atoms with Crippen LogP contribution in [0.2, 0.25) is 0 Å². The highest BCUT2D eigenvalue weighted by atomic mass is 16.5. The molecule has 1 aliphatic carbocycles. The zero-order chi connectivity index (χ0) is 12.1. The lowest BCUT2D eigenvalue weighted by atomic mass is 9.96. The minimum Gasteiger partial charge on any atom is -0.379 e. The second-order valence-electron chi connectivity index (χ2n) is 4.84. The second kappa shape index (κ2) is 6.34. The Morgan fingerprint density at radius 1 is 1.53 bits per heavy atom. The fourth-order valence-electron chi connectivity index (χ4n) is 2.54. The van der Waals surface area contributed by atoms with Crippen LogP contribution in [0.4, 0.5) is 0 Å². The van der Waals surface area contributed by atoms with Gasteiger partial charge in [-0.1, -0.05) is 23.8 Å². The van der Waals surface area contributed by atoms with E-state index in [1.165, 1.54) is 18.4 Å². The van der Waals surface area contributed by atoms with Crippen molar-refractivity contribution in [3.05, 3.63) is 23.8 Å². The molecule has 2 aliphatic rings. The molecule has 2 rings (SSSR count). The predicted molar refractivity (Wildman–Crippen MR) is 69.1 cm³/mol. The van der Waals surface area contributed by atoms with E-state index < -0.39 is 0 Å². The average molecular weight is 237 g/mol. The van der Waals surface area contributed by atoms with E-state index in [4.69, 9.17) is 9.47 Å². The molecule has 17 heavy (non-hydrogen) atoms. The molecule has 0 unspecified atom stereocenters. The molecule has 0 saturated carbocycles. The number of rotatable bonds is 4. The van der Waals surface area contributed by atoms with Crippen LogP contribution in [0.1, 0.15) is 26.2 Å². The van der Waals surface area contributed by atoms with E-state index in [1.807, 2.05) is 0 Å². The molecule has 0 amide bonds. The molecule has 1 saturated heterocycles. The van der Waals surface area contributed by atoms with Gasteiger partial charge in [0.05, 0.1) is 12.7 Å². The van der Waals surface area contributed by atoms with Gasteiger partial charge in [-0.3, -0.25) is 0 Å². The molecule has 1 aliphatic heterocycles. The minimum atomic E-state index is 0.186. The van der Waals surface area contributed by atoms with Gasteiger partial charge in [0.25, 0.3) is 0 Å². The van der Waals surface area contributed by atoms with Gasteiger partial charge < -0.3 is 14.8 Å². The van der Waals surface area contributed by atoms with Gasteiger partial charge in [-0.15, -0.1) is 0 Å². The van der Waals surface area contributed by atoms with Crippen LogP contribution in [0.15, 0.2) is 23.8 Å². The van der Waals surface area contributed by atoms with Crippen molar-refractivity contribution in [3.63, 3.8) is 0 Å². The van der Waals surface area contributed by atoms with E-state index in [0.29, 0.717) is 18.7 Å². The van der Waals surface area contributed by atoms with Crippen LogP contribution < -0.4 is 5.32 Å². The minimum absolute atomic E-state index is 0.186. The highest BCUT2D eigenvalue weighted by molar-refractivity contribution is 5.21. The summed E-state index contributed by atoms with van der Waals surface area (Å²) >= 11 is 0. The maximum absolute atomic E-state index is 5.47. The topological polar surface area (TPSA) is 30.5 Å². The summed E-state index contributed by atoms with van der Waals surface area (Å²) in [6, 6.07) is 0.844. The number of nitrogens with one attached hydrogen (secondary N) is 1. The van der Waals surface area contributed by atoms with Crippen LogP contribution in [0.3, 0.4) is 0 Å². The van der Waals surface area contributed by atoms with Gasteiger partial charge in [-0.2, -0.15) is 0 Å². The molecule has 1 N–H and O–H groups in total. The third-order valence-corrected chi connectivity index (χ3v) is 3.67. The van der Waals surface area contributed by atoms with Crippen molar-refractivity contribution in [2.24, 2.45) is 0 Å². The maximum atomic E-state index is 5.47. The zero-order valence-corrected chi connectivity index (χ0v) is 10.8. The fraction of sp³-hybridized carbons (Fsp3) is 0.714. The van der Waals surface area contributed by atoms with Gasteiger partial charge in [0.1, 0.15) is 0 Å². The molecule has 0 bridgehead atoms. The third kappa shape index (κ3) is 3.41. The Labute approximate surface area is 104 Å². The Morgan fingerprint density at radius 3 is 3.12 bits per heavy atom. The van der Waals surface area contributed by atoms with Crippen LogP contribution in [-0.4, -0.2) is 38.5 Å². The maximum Gasteiger partial charge on any atom is 0.0958 e. The molecule has 0 aromatic heterocycles. The Kier molecular flexibility index (Phi) is 4.77. The number of ether oxygens (including phenoxy) is 2. The van der Waals surface area contributed by atoms with Crippen LogP contribution in [-0.2, 0) is 9.47 Å². The summed E-state index contributed by atoms with van der Waals surface area (Å²) in [5, 5.41) is 3.68. The van der Waals surface area contributed by atoms with Gasteiger partial charge >= 0.3 is 0 Å². The predicted octanol–water partition coefficient (Wildman–Crippen LogP) is 2.04. The summed E-state index contributed by atoms with van der Waals surface area (Å²) in [4.78, 5) is 0. The lowest BCUT2D eigenvalue weighted by Crippen LogP contribution is -2.50. The van der Waals surface area contributed by atoms with E-state index in [2.05, 4.69) is 30.5 Å². The first-order valence-electron chi connectivity index (χ1n) is 6.53. The van der Waals surface area contributed by atoms with Crippen LogP contribution in [0, 0.1) is 0 Å². The van der Waals surface area contributed by atoms with E-state index >= 15 is 0 Å². The first kappa shape index (κ1) is 12.8. The van der Waals surface area contributed by atoms with Gasteiger partial charge in [-0.25, -0.2) is 0 Å². The summed E-state index contributed by atoms with van der Waals surface area (Å²) in [6.07, 6.45) is 10.2. The van der Waals surface area contributed by atoms with Crippen molar-refractivity contribution in [3.8, 4) is 0 Å². The van der Waals surface area contributed by atoms with Crippen molar-refractivity contribution >= 4 is 0 Å². The summed E-state index contributed by atoms with van der Waals surface area (Å²) in [6.45, 7) is 3.79. The molecule has 3 atom stereocenters. The smallest absolute Gasteiger partial charge is 0.0958 e. The molecule has 1 fully saturated rings. The lowest BCUT2D eigenvalue weighted by Gasteiger charge is -2.34. The number of hydrogen-bond donors (Lipinski definition) is 1.